The van der Waals surface area contributed by atoms with Gasteiger partial charge < -0.3 is 14.2 Å². The Kier molecular flexibility index (Phi) is 5.69. The van der Waals surface area contributed by atoms with Crippen molar-refractivity contribution < 1.29 is 9.53 Å². The molecule has 5 nitrogen and oxygen atoms in total. The number of hydrogen-bond donors (Lipinski definition) is 0. The highest BCUT2D eigenvalue weighted by Crippen LogP contribution is 2.43. The molecule has 0 bridgehead atoms. The maximum atomic E-state index is 13.5. The molecule has 0 aliphatic carbocycles. The molecule has 1 fully saturated rings. The Morgan fingerprint density at radius 2 is 1.80 bits per heavy atom. The van der Waals surface area contributed by atoms with E-state index in [0.29, 0.717) is 12.4 Å². The number of benzene rings is 2. The molecule has 0 saturated carbocycles. The molecule has 0 spiro atoms. The third kappa shape index (κ3) is 3.40. The zero-order valence-electron chi connectivity index (χ0n) is 17.1. The van der Waals surface area contributed by atoms with Crippen LogP contribution in [0.15, 0.2) is 73.1 Å². The van der Waals surface area contributed by atoms with Gasteiger partial charge in [-0.25, -0.2) is 4.98 Å². The van der Waals surface area contributed by atoms with E-state index in [-0.39, 0.29) is 18.6 Å². The first kappa shape index (κ1) is 19.9. The first-order chi connectivity index (χ1) is 14.7. The first-order valence-electron chi connectivity index (χ1n) is 10.1. The second-order valence-electron chi connectivity index (χ2n) is 7.48. The number of terminal acetylenes is 1. The second-order valence-corrected chi connectivity index (χ2v) is 7.48. The van der Waals surface area contributed by atoms with Crippen molar-refractivity contribution in [2.24, 2.45) is 7.05 Å². The second kappa shape index (κ2) is 8.56. The van der Waals surface area contributed by atoms with Crippen molar-refractivity contribution in [3.05, 3.63) is 90.0 Å². The topological polar surface area (TPSA) is 47.4 Å². The van der Waals surface area contributed by atoms with E-state index < -0.39 is 5.60 Å². The number of likely N-dealkylation sites (tertiary alicyclic amines) is 1. The Hall–Kier alpha value is -3.36. The van der Waals surface area contributed by atoms with Gasteiger partial charge in [-0.2, -0.15) is 0 Å². The maximum absolute atomic E-state index is 13.5. The Bertz CT molecular complexity index is 998. The summed E-state index contributed by atoms with van der Waals surface area (Å²) in [6, 6.07) is 19.9. The van der Waals surface area contributed by atoms with E-state index in [1.54, 1.807) is 17.0 Å². The molecule has 152 valence electrons. The summed E-state index contributed by atoms with van der Waals surface area (Å²) >= 11 is 0. The van der Waals surface area contributed by atoms with Gasteiger partial charge in [0.25, 0.3) is 5.91 Å². The number of carbonyl (C=O) groups is 1. The summed E-state index contributed by atoms with van der Waals surface area (Å²) in [6.07, 6.45) is 10.7. The molecule has 1 aliphatic rings. The van der Waals surface area contributed by atoms with Crippen LogP contribution in [-0.2, 0) is 17.4 Å². The fourth-order valence-corrected chi connectivity index (χ4v) is 4.47. The molecule has 1 aromatic heterocycles. The standard InChI is InChI=1S/C25H25N3O2/c1-3-19-30-25(20-11-6-4-7-12-20,21-13-8-5-9-14-21)22-15-10-17-28(22)24(29)23-26-16-18-27(23)2/h1,4-9,11-14,16,18,22H,10,15,17,19H2,2H3/t22-/m1/s1. The molecule has 30 heavy (non-hydrogen) atoms. The smallest absolute Gasteiger partial charge is 0.290 e. The van der Waals surface area contributed by atoms with Crippen molar-refractivity contribution >= 4 is 5.91 Å². The molecule has 2 aromatic carbocycles. The summed E-state index contributed by atoms with van der Waals surface area (Å²) in [6.45, 7) is 0.794. The van der Waals surface area contributed by atoms with E-state index in [1.165, 1.54) is 0 Å². The molecule has 1 saturated heterocycles. The monoisotopic (exact) mass is 399 g/mol. The lowest BCUT2D eigenvalue weighted by Gasteiger charge is -2.43. The van der Waals surface area contributed by atoms with E-state index >= 15 is 0 Å². The van der Waals surface area contributed by atoms with Crippen LogP contribution in [0.3, 0.4) is 0 Å². The molecule has 4 rings (SSSR count). The van der Waals surface area contributed by atoms with Crippen LogP contribution in [0, 0.1) is 12.3 Å². The summed E-state index contributed by atoms with van der Waals surface area (Å²) in [4.78, 5) is 19.7. The SMILES string of the molecule is C#CCOC(c1ccccc1)(c1ccccc1)[C@H]1CCCN1C(=O)c1nccn1C. The molecule has 1 amide bonds. The maximum Gasteiger partial charge on any atom is 0.290 e. The zero-order chi connectivity index (χ0) is 21.0. The molecule has 0 N–H and O–H groups in total. The molecule has 3 aromatic rings. The fraction of sp³-hybridized carbons (Fsp3) is 0.280. The van der Waals surface area contributed by atoms with Crippen molar-refractivity contribution in [3.63, 3.8) is 0 Å². The molecule has 5 heteroatoms. The Morgan fingerprint density at radius 1 is 1.17 bits per heavy atom. The van der Waals surface area contributed by atoms with Gasteiger partial charge in [-0.3, -0.25) is 4.79 Å². The normalized spacial score (nSPS) is 16.4. The minimum Gasteiger partial charge on any atom is -0.351 e. The van der Waals surface area contributed by atoms with Crippen LogP contribution in [0.4, 0.5) is 0 Å². The number of aromatic nitrogens is 2. The molecule has 0 unspecified atom stereocenters. The number of hydrogen-bond acceptors (Lipinski definition) is 3. The lowest BCUT2D eigenvalue weighted by atomic mass is 9.78. The highest BCUT2D eigenvalue weighted by Gasteiger charge is 2.49. The van der Waals surface area contributed by atoms with Gasteiger partial charge in [0.2, 0.25) is 0 Å². The average molecular weight is 399 g/mol. The van der Waals surface area contributed by atoms with Gasteiger partial charge in [0.1, 0.15) is 12.2 Å². The number of ether oxygens (including phenoxy) is 1. The molecular formula is C25H25N3O2. The molecule has 1 atom stereocenters. The zero-order valence-corrected chi connectivity index (χ0v) is 17.1. The van der Waals surface area contributed by atoms with E-state index in [4.69, 9.17) is 11.2 Å². The number of rotatable bonds is 6. The third-order valence-electron chi connectivity index (χ3n) is 5.78. The third-order valence-corrected chi connectivity index (χ3v) is 5.78. The van der Waals surface area contributed by atoms with Crippen molar-refractivity contribution in [1.82, 2.24) is 14.5 Å². The van der Waals surface area contributed by atoms with Crippen LogP contribution in [0.1, 0.15) is 34.6 Å². The van der Waals surface area contributed by atoms with Crippen LogP contribution < -0.4 is 0 Å². The molecular weight excluding hydrogens is 374 g/mol. The van der Waals surface area contributed by atoms with Crippen molar-refractivity contribution in [3.8, 4) is 12.3 Å². The van der Waals surface area contributed by atoms with E-state index in [2.05, 4.69) is 10.9 Å². The van der Waals surface area contributed by atoms with Crippen LogP contribution in [0.25, 0.3) is 0 Å². The number of imidazole rings is 1. The van der Waals surface area contributed by atoms with Gasteiger partial charge in [-0.15, -0.1) is 6.42 Å². The van der Waals surface area contributed by atoms with Crippen LogP contribution >= 0.6 is 0 Å². The minimum atomic E-state index is -0.869. The number of nitrogens with zero attached hydrogens (tertiary/aromatic N) is 3. The molecule has 0 radical (unpaired) electrons. The van der Waals surface area contributed by atoms with Gasteiger partial charge in [-0.1, -0.05) is 66.6 Å². The first-order valence-corrected chi connectivity index (χ1v) is 10.1. The van der Waals surface area contributed by atoms with Gasteiger partial charge in [0.05, 0.1) is 6.04 Å². The van der Waals surface area contributed by atoms with Gasteiger partial charge in [0, 0.05) is 26.0 Å². The number of amides is 1. The van der Waals surface area contributed by atoms with Gasteiger partial charge in [0.15, 0.2) is 5.82 Å². The lowest BCUT2D eigenvalue weighted by molar-refractivity contribution is -0.0510. The quantitative estimate of drug-likeness (QED) is 0.595. The van der Waals surface area contributed by atoms with Crippen LogP contribution in [-0.4, -0.2) is 39.6 Å². The number of aryl methyl sites for hydroxylation is 1. The lowest BCUT2D eigenvalue weighted by Crippen LogP contribution is -2.52. The predicted molar refractivity (Wildman–Crippen MR) is 116 cm³/mol. The predicted octanol–water partition coefficient (Wildman–Crippen LogP) is 3.62. The van der Waals surface area contributed by atoms with E-state index in [1.807, 2.05) is 72.6 Å². The Balaban J connectivity index is 1.87. The Morgan fingerprint density at radius 3 is 2.33 bits per heavy atom. The highest BCUT2D eigenvalue weighted by molar-refractivity contribution is 5.91. The number of carbonyl (C=O) groups excluding carboxylic acids is 1. The summed E-state index contributed by atoms with van der Waals surface area (Å²) in [5, 5.41) is 0. The summed E-state index contributed by atoms with van der Waals surface area (Å²) in [7, 11) is 1.84. The van der Waals surface area contributed by atoms with Crippen molar-refractivity contribution in [2.75, 3.05) is 13.2 Å². The van der Waals surface area contributed by atoms with Crippen LogP contribution in [0.5, 0.6) is 0 Å². The van der Waals surface area contributed by atoms with Crippen molar-refractivity contribution in [2.45, 2.75) is 24.5 Å². The largest absolute Gasteiger partial charge is 0.351 e. The summed E-state index contributed by atoms with van der Waals surface area (Å²) in [5.74, 6) is 2.96. The summed E-state index contributed by atoms with van der Waals surface area (Å²) in [5.41, 5.74) is 1.10. The highest BCUT2D eigenvalue weighted by atomic mass is 16.5. The molecule has 1 aliphatic heterocycles. The van der Waals surface area contributed by atoms with E-state index in [9.17, 15) is 4.79 Å². The fourth-order valence-electron chi connectivity index (χ4n) is 4.47. The van der Waals surface area contributed by atoms with E-state index in [0.717, 1.165) is 24.0 Å². The minimum absolute atomic E-state index is 0.0921. The summed E-state index contributed by atoms with van der Waals surface area (Å²) < 4.78 is 8.26. The van der Waals surface area contributed by atoms with Gasteiger partial charge in [-0.05, 0) is 24.0 Å². The van der Waals surface area contributed by atoms with Gasteiger partial charge >= 0.3 is 0 Å². The molecule has 2 heterocycles. The van der Waals surface area contributed by atoms with Crippen LogP contribution in [0.2, 0.25) is 0 Å². The average Bonchev–Trinajstić information content (AvgIpc) is 3.45. The Labute approximate surface area is 177 Å². The van der Waals surface area contributed by atoms with Crippen molar-refractivity contribution in [1.29, 1.82) is 0 Å².